The third-order valence-corrected chi connectivity index (χ3v) is 5.12. The van der Waals surface area contributed by atoms with Gasteiger partial charge in [-0.25, -0.2) is 4.39 Å². The summed E-state index contributed by atoms with van der Waals surface area (Å²) in [6.07, 6.45) is 1.08. The Balaban J connectivity index is 1.97. The second kappa shape index (κ2) is 6.28. The average molecular weight is 367 g/mol. The van der Waals surface area contributed by atoms with Crippen molar-refractivity contribution in [3.63, 3.8) is 0 Å². The lowest BCUT2D eigenvalue weighted by molar-refractivity contribution is 0.627. The zero-order chi connectivity index (χ0) is 14.8. The standard InChI is InChI=1S/C16H16BrFN2S/c1-12-11-13(18)7-8-14(12)20-16-6-3-2-5-15(16)19(21-20)10-4-9-17/h2-3,5-8,11H,4,9-10H2,1H3. The molecule has 2 nitrogen and oxygen atoms in total. The first kappa shape index (κ1) is 14.7. The maximum Gasteiger partial charge on any atom is 0.123 e. The molecule has 0 N–H and O–H groups in total. The summed E-state index contributed by atoms with van der Waals surface area (Å²) in [6, 6.07) is 13.3. The second-order valence-electron chi connectivity index (χ2n) is 4.94. The van der Waals surface area contributed by atoms with Gasteiger partial charge in [0.2, 0.25) is 0 Å². The highest BCUT2D eigenvalue weighted by Crippen LogP contribution is 2.49. The van der Waals surface area contributed by atoms with E-state index < -0.39 is 0 Å². The number of aryl methyl sites for hydroxylation is 1. The quantitative estimate of drug-likeness (QED) is 0.525. The lowest BCUT2D eigenvalue weighted by Crippen LogP contribution is -2.15. The van der Waals surface area contributed by atoms with Gasteiger partial charge in [-0.15, -0.1) is 0 Å². The van der Waals surface area contributed by atoms with Crippen LogP contribution in [0.15, 0.2) is 42.5 Å². The van der Waals surface area contributed by atoms with E-state index in [4.69, 9.17) is 0 Å². The maximum atomic E-state index is 13.3. The van der Waals surface area contributed by atoms with Gasteiger partial charge >= 0.3 is 0 Å². The van der Waals surface area contributed by atoms with Gasteiger partial charge in [-0.1, -0.05) is 28.1 Å². The normalized spacial score (nSPS) is 13.7. The van der Waals surface area contributed by atoms with Gasteiger partial charge in [0.1, 0.15) is 5.82 Å². The number of fused-ring (bicyclic) bond motifs is 1. The molecule has 3 rings (SSSR count). The van der Waals surface area contributed by atoms with Crippen molar-refractivity contribution in [1.29, 1.82) is 0 Å². The fourth-order valence-corrected chi connectivity index (χ4v) is 3.85. The molecule has 1 aliphatic rings. The molecule has 5 heteroatoms. The predicted molar refractivity (Wildman–Crippen MR) is 93.1 cm³/mol. The van der Waals surface area contributed by atoms with Crippen LogP contribution in [0.4, 0.5) is 21.5 Å². The third-order valence-electron chi connectivity index (χ3n) is 3.42. The van der Waals surface area contributed by atoms with Gasteiger partial charge < -0.3 is 0 Å². The van der Waals surface area contributed by atoms with Gasteiger partial charge in [0.15, 0.2) is 0 Å². The monoisotopic (exact) mass is 366 g/mol. The number of halogens is 2. The summed E-state index contributed by atoms with van der Waals surface area (Å²) in [5, 5.41) is 0.988. The molecule has 0 aromatic heterocycles. The molecular weight excluding hydrogens is 351 g/mol. The molecule has 0 unspecified atom stereocenters. The molecule has 0 spiro atoms. The number of para-hydroxylation sites is 2. The van der Waals surface area contributed by atoms with Crippen molar-refractivity contribution in [2.45, 2.75) is 13.3 Å². The number of rotatable bonds is 4. The van der Waals surface area contributed by atoms with E-state index in [9.17, 15) is 4.39 Å². The van der Waals surface area contributed by atoms with Crippen molar-refractivity contribution in [2.75, 3.05) is 20.5 Å². The summed E-state index contributed by atoms with van der Waals surface area (Å²) in [7, 11) is 0. The minimum absolute atomic E-state index is 0.190. The number of alkyl halides is 1. The Hall–Kier alpha value is -1.20. The highest BCUT2D eigenvalue weighted by atomic mass is 79.9. The molecule has 0 amide bonds. The fourth-order valence-electron chi connectivity index (χ4n) is 2.42. The van der Waals surface area contributed by atoms with Crippen LogP contribution < -0.4 is 8.61 Å². The van der Waals surface area contributed by atoms with E-state index >= 15 is 0 Å². The van der Waals surface area contributed by atoms with Crippen molar-refractivity contribution in [3.05, 3.63) is 53.8 Å². The van der Waals surface area contributed by atoms with Crippen LogP contribution in [-0.2, 0) is 0 Å². The van der Waals surface area contributed by atoms with E-state index in [2.05, 4.69) is 42.7 Å². The van der Waals surface area contributed by atoms with Crippen LogP contribution >= 0.6 is 28.1 Å². The largest absolute Gasteiger partial charge is 0.296 e. The molecule has 0 saturated heterocycles. The van der Waals surface area contributed by atoms with Crippen molar-refractivity contribution in [2.24, 2.45) is 0 Å². The van der Waals surface area contributed by atoms with Crippen LogP contribution in [0.25, 0.3) is 0 Å². The first-order valence-corrected chi connectivity index (χ1v) is 8.73. The fraction of sp³-hybridized carbons (Fsp3) is 0.250. The van der Waals surface area contributed by atoms with Crippen LogP contribution in [0, 0.1) is 12.7 Å². The highest BCUT2D eigenvalue weighted by molar-refractivity contribution is 9.09. The summed E-state index contributed by atoms with van der Waals surface area (Å²) >= 11 is 5.16. The van der Waals surface area contributed by atoms with Crippen molar-refractivity contribution in [3.8, 4) is 0 Å². The van der Waals surface area contributed by atoms with Gasteiger partial charge in [-0.3, -0.25) is 8.61 Å². The third kappa shape index (κ3) is 2.90. The summed E-state index contributed by atoms with van der Waals surface area (Å²) < 4.78 is 17.8. The molecular formula is C16H16BrFN2S. The molecule has 0 saturated carbocycles. The van der Waals surface area contributed by atoms with Crippen molar-refractivity contribution < 1.29 is 4.39 Å². The lowest BCUT2D eigenvalue weighted by Gasteiger charge is -2.20. The van der Waals surface area contributed by atoms with Gasteiger partial charge in [-0.2, -0.15) is 0 Å². The zero-order valence-electron chi connectivity index (χ0n) is 11.7. The Morgan fingerprint density at radius 3 is 2.57 bits per heavy atom. The predicted octanol–water partition coefficient (Wildman–Crippen LogP) is 5.44. The van der Waals surface area contributed by atoms with Gasteiger partial charge in [-0.05, 0) is 49.2 Å². The second-order valence-corrected chi connectivity index (χ2v) is 6.70. The molecule has 0 bridgehead atoms. The number of hydrogen-bond donors (Lipinski definition) is 0. The van der Waals surface area contributed by atoms with Gasteiger partial charge in [0, 0.05) is 11.9 Å². The first-order valence-electron chi connectivity index (χ1n) is 6.87. The highest BCUT2D eigenvalue weighted by Gasteiger charge is 2.28. The lowest BCUT2D eigenvalue weighted by atomic mass is 10.1. The van der Waals surface area contributed by atoms with Crippen LogP contribution in [0.5, 0.6) is 0 Å². The van der Waals surface area contributed by atoms with Crippen molar-refractivity contribution >= 4 is 45.1 Å². The Bertz CT molecular complexity index is 650. The average Bonchev–Trinajstić information content (AvgIpc) is 2.84. The number of benzene rings is 2. The molecule has 21 heavy (non-hydrogen) atoms. The minimum Gasteiger partial charge on any atom is -0.296 e. The Labute approximate surface area is 137 Å². The SMILES string of the molecule is Cc1cc(F)ccc1N1SN(CCCBr)c2ccccc21. The Morgan fingerprint density at radius 2 is 1.86 bits per heavy atom. The van der Waals surface area contributed by atoms with E-state index in [0.717, 1.165) is 35.2 Å². The molecule has 0 radical (unpaired) electrons. The summed E-state index contributed by atoms with van der Waals surface area (Å²) in [5.41, 5.74) is 4.36. The van der Waals surface area contributed by atoms with Gasteiger partial charge in [0.25, 0.3) is 0 Å². The number of hydrogen-bond acceptors (Lipinski definition) is 3. The van der Waals surface area contributed by atoms with Crippen LogP contribution in [-0.4, -0.2) is 11.9 Å². The smallest absolute Gasteiger partial charge is 0.123 e. The molecule has 0 aliphatic carbocycles. The molecule has 110 valence electrons. The Kier molecular flexibility index (Phi) is 4.40. The number of nitrogens with zero attached hydrogens (tertiary/aromatic N) is 2. The molecule has 2 aromatic carbocycles. The summed E-state index contributed by atoms with van der Waals surface area (Å²) in [6.45, 7) is 2.92. The van der Waals surface area contributed by atoms with E-state index in [1.807, 2.05) is 19.1 Å². The maximum absolute atomic E-state index is 13.3. The summed E-state index contributed by atoms with van der Waals surface area (Å²) in [4.78, 5) is 0. The summed E-state index contributed by atoms with van der Waals surface area (Å²) in [5.74, 6) is -0.190. The molecule has 1 aliphatic heterocycles. The molecule has 0 atom stereocenters. The van der Waals surface area contributed by atoms with E-state index in [-0.39, 0.29) is 5.82 Å². The van der Waals surface area contributed by atoms with E-state index in [1.165, 1.54) is 11.8 Å². The minimum atomic E-state index is -0.190. The molecule has 0 fully saturated rings. The van der Waals surface area contributed by atoms with Crippen molar-refractivity contribution in [1.82, 2.24) is 0 Å². The number of anilines is 3. The Morgan fingerprint density at radius 1 is 1.10 bits per heavy atom. The zero-order valence-corrected chi connectivity index (χ0v) is 14.1. The first-order chi connectivity index (χ1) is 10.2. The topological polar surface area (TPSA) is 6.48 Å². The van der Waals surface area contributed by atoms with Crippen LogP contribution in [0.3, 0.4) is 0 Å². The van der Waals surface area contributed by atoms with E-state index in [0.29, 0.717) is 0 Å². The van der Waals surface area contributed by atoms with Crippen LogP contribution in [0.1, 0.15) is 12.0 Å². The molecule has 2 aromatic rings. The molecule has 1 heterocycles. The van der Waals surface area contributed by atoms with Gasteiger partial charge in [0.05, 0.1) is 29.2 Å². The van der Waals surface area contributed by atoms with E-state index in [1.54, 1.807) is 18.2 Å². The van der Waals surface area contributed by atoms with Crippen LogP contribution in [0.2, 0.25) is 0 Å².